The predicted octanol–water partition coefficient (Wildman–Crippen LogP) is 2.22. The lowest BCUT2D eigenvalue weighted by Gasteiger charge is -2.31. The Morgan fingerprint density at radius 3 is 2.90 bits per heavy atom. The standard InChI is InChI=1S/C21H22BrN3O5S/c1-29-21(28)18-17(12-4-2-5-13(22)8-12)15(9-23)20(25-19(18)27)31-11-16(26)24-10-14-6-3-7-30-14/h2,4-5,8,14,17-18H,3,6-7,10-11H2,1H3,(H,24,26)(H,25,27)/t14-,17+,18+/m1/s1. The number of esters is 1. The maximum absolute atomic E-state index is 12.8. The molecule has 2 N–H and O–H groups in total. The van der Waals surface area contributed by atoms with Gasteiger partial charge in [-0.05, 0) is 30.5 Å². The van der Waals surface area contributed by atoms with Crippen molar-refractivity contribution in [1.82, 2.24) is 10.6 Å². The molecule has 0 unspecified atom stereocenters. The van der Waals surface area contributed by atoms with Gasteiger partial charge in [-0.25, -0.2) is 0 Å². The van der Waals surface area contributed by atoms with E-state index in [1.807, 2.05) is 6.07 Å². The molecular weight excluding hydrogens is 486 g/mol. The van der Waals surface area contributed by atoms with Crippen molar-refractivity contribution in [3.63, 3.8) is 0 Å². The molecule has 0 spiro atoms. The van der Waals surface area contributed by atoms with Crippen LogP contribution in [0, 0.1) is 17.2 Å². The predicted molar refractivity (Wildman–Crippen MR) is 118 cm³/mol. The number of ether oxygens (including phenoxy) is 2. The van der Waals surface area contributed by atoms with Crippen molar-refractivity contribution >= 4 is 45.5 Å². The minimum Gasteiger partial charge on any atom is -0.468 e. The van der Waals surface area contributed by atoms with Crippen LogP contribution in [-0.2, 0) is 23.9 Å². The van der Waals surface area contributed by atoms with Gasteiger partial charge in [0.2, 0.25) is 11.8 Å². The highest BCUT2D eigenvalue weighted by Crippen LogP contribution is 2.40. The lowest BCUT2D eigenvalue weighted by Crippen LogP contribution is -2.44. The smallest absolute Gasteiger partial charge is 0.319 e. The Morgan fingerprint density at radius 1 is 1.45 bits per heavy atom. The van der Waals surface area contributed by atoms with Gasteiger partial charge in [-0.2, -0.15) is 5.26 Å². The summed E-state index contributed by atoms with van der Waals surface area (Å²) in [4.78, 5) is 37.4. The lowest BCUT2D eigenvalue weighted by atomic mass is 9.78. The zero-order valence-corrected chi connectivity index (χ0v) is 19.3. The molecule has 2 amide bonds. The Hall–Kier alpha value is -2.35. The molecule has 0 saturated carbocycles. The maximum Gasteiger partial charge on any atom is 0.319 e. The Kier molecular flexibility index (Phi) is 8.12. The zero-order chi connectivity index (χ0) is 22.4. The third kappa shape index (κ3) is 5.67. The van der Waals surface area contributed by atoms with Gasteiger partial charge < -0.3 is 20.1 Å². The summed E-state index contributed by atoms with van der Waals surface area (Å²) < 4.78 is 11.1. The average Bonchev–Trinajstić information content (AvgIpc) is 3.29. The number of carbonyl (C=O) groups excluding carboxylic acids is 3. The van der Waals surface area contributed by atoms with E-state index in [0.29, 0.717) is 18.7 Å². The van der Waals surface area contributed by atoms with E-state index in [1.54, 1.807) is 18.2 Å². The topological polar surface area (TPSA) is 118 Å². The monoisotopic (exact) mass is 507 g/mol. The molecule has 164 valence electrons. The molecule has 1 aromatic carbocycles. The second-order valence-electron chi connectivity index (χ2n) is 7.11. The number of benzene rings is 1. The van der Waals surface area contributed by atoms with Crippen LogP contribution in [0.3, 0.4) is 0 Å². The summed E-state index contributed by atoms with van der Waals surface area (Å²) in [6.45, 7) is 1.14. The summed E-state index contributed by atoms with van der Waals surface area (Å²) in [5.74, 6) is -3.53. The summed E-state index contributed by atoms with van der Waals surface area (Å²) in [7, 11) is 1.20. The van der Waals surface area contributed by atoms with Crippen molar-refractivity contribution in [2.45, 2.75) is 24.9 Å². The Bertz CT molecular complexity index is 939. The summed E-state index contributed by atoms with van der Waals surface area (Å²) in [5.41, 5.74) is 0.835. The number of hydrogen-bond acceptors (Lipinski definition) is 7. The van der Waals surface area contributed by atoms with Gasteiger partial charge in [-0.3, -0.25) is 14.4 Å². The molecule has 1 aromatic rings. The van der Waals surface area contributed by atoms with Gasteiger partial charge in [0.1, 0.15) is 5.92 Å². The molecule has 2 aliphatic heterocycles. The number of allylic oxidation sites excluding steroid dienone is 1. The van der Waals surface area contributed by atoms with Gasteiger partial charge in [-0.15, -0.1) is 0 Å². The van der Waals surface area contributed by atoms with Gasteiger partial charge in [0.05, 0.1) is 35.6 Å². The summed E-state index contributed by atoms with van der Waals surface area (Å²) in [6.07, 6.45) is 1.92. The van der Waals surface area contributed by atoms with E-state index in [2.05, 4.69) is 32.6 Å². The molecule has 8 nitrogen and oxygen atoms in total. The minimum absolute atomic E-state index is 0.0155. The molecule has 0 radical (unpaired) electrons. The highest BCUT2D eigenvalue weighted by Gasteiger charge is 2.44. The minimum atomic E-state index is -1.20. The van der Waals surface area contributed by atoms with Crippen LogP contribution in [0.2, 0.25) is 0 Å². The molecule has 3 atom stereocenters. The third-order valence-corrected chi connectivity index (χ3v) is 6.60. The fourth-order valence-electron chi connectivity index (χ4n) is 3.60. The molecule has 1 saturated heterocycles. The van der Waals surface area contributed by atoms with Gasteiger partial charge >= 0.3 is 5.97 Å². The van der Waals surface area contributed by atoms with Crippen molar-refractivity contribution in [3.8, 4) is 6.07 Å². The Labute approximate surface area is 192 Å². The number of nitriles is 1. The molecule has 0 bridgehead atoms. The van der Waals surface area contributed by atoms with Crippen molar-refractivity contribution in [1.29, 1.82) is 5.26 Å². The van der Waals surface area contributed by atoms with Crippen LogP contribution >= 0.6 is 27.7 Å². The van der Waals surface area contributed by atoms with Crippen molar-refractivity contribution in [3.05, 3.63) is 44.9 Å². The van der Waals surface area contributed by atoms with Crippen molar-refractivity contribution in [2.24, 2.45) is 5.92 Å². The normalized spacial score (nSPS) is 23.1. The number of nitrogens with one attached hydrogen (secondary N) is 2. The number of thioether (sulfide) groups is 1. The zero-order valence-electron chi connectivity index (χ0n) is 16.9. The Balaban J connectivity index is 1.82. The van der Waals surface area contributed by atoms with Crippen LogP contribution in [0.15, 0.2) is 39.3 Å². The van der Waals surface area contributed by atoms with Crippen LogP contribution in [0.1, 0.15) is 24.3 Å². The highest BCUT2D eigenvalue weighted by atomic mass is 79.9. The quantitative estimate of drug-likeness (QED) is 0.429. The summed E-state index contributed by atoms with van der Waals surface area (Å²) in [6, 6.07) is 9.20. The summed E-state index contributed by atoms with van der Waals surface area (Å²) in [5, 5.41) is 15.6. The van der Waals surface area contributed by atoms with Crippen molar-refractivity contribution < 1.29 is 23.9 Å². The Morgan fingerprint density at radius 2 is 2.26 bits per heavy atom. The number of carbonyl (C=O) groups is 3. The van der Waals surface area contributed by atoms with Crippen LogP contribution in [-0.4, -0.2) is 49.9 Å². The number of hydrogen-bond donors (Lipinski definition) is 2. The van der Waals surface area contributed by atoms with Crippen LogP contribution in [0.5, 0.6) is 0 Å². The third-order valence-electron chi connectivity index (χ3n) is 5.09. The maximum atomic E-state index is 12.8. The first-order valence-corrected chi connectivity index (χ1v) is 11.5. The summed E-state index contributed by atoms with van der Waals surface area (Å²) >= 11 is 4.44. The number of nitrogens with zero attached hydrogens (tertiary/aromatic N) is 1. The molecule has 0 aliphatic carbocycles. The molecule has 2 heterocycles. The SMILES string of the molecule is COC(=O)[C@@H]1C(=O)NC(SCC(=O)NC[C@H]2CCCO2)=C(C#N)[C@@H]1c1cccc(Br)c1. The molecule has 1 fully saturated rings. The average molecular weight is 508 g/mol. The van der Waals surface area contributed by atoms with Gasteiger partial charge in [0, 0.05) is 23.5 Å². The van der Waals surface area contributed by atoms with E-state index in [4.69, 9.17) is 9.47 Å². The molecule has 0 aromatic heterocycles. The molecular formula is C21H22BrN3O5S. The molecule has 31 heavy (non-hydrogen) atoms. The van der Waals surface area contributed by atoms with E-state index in [-0.39, 0.29) is 28.4 Å². The van der Waals surface area contributed by atoms with Crippen LogP contribution in [0.25, 0.3) is 0 Å². The second-order valence-corrected chi connectivity index (χ2v) is 9.01. The fourth-order valence-corrected chi connectivity index (χ4v) is 4.90. The molecule has 2 aliphatic rings. The lowest BCUT2D eigenvalue weighted by molar-refractivity contribution is -0.150. The van der Waals surface area contributed by atoms with E-state index in [9.17, 15) is 19.6 Å². The first-order chi connectivity index (χ1) is 14.9. The van der Waals surface area contributed by atoms with Gasteiger partial charge in [0.15, 0.2) is 0 Å². The van der Waals surface area contributed by atoms with Gasteiger partial charge in [-0.1, -0.05) is 39.8 Å². The van der Waals surface area contributed by atoms with Crippen LogP contribution in [0.4, 0.5) is 0 Å². The molecule has 3 rings (SSSR count). The number of rotatable bonds is 7. The van der Waals surface area contributed by atoms with E-state index >= 15 is 0 Å². The van der Waals surface area contributed by atoms with Crippen molar-refractivity contribution in [2.75, 3.05) is 26.0 Å². The van der Waals surface area contributed by atoms with E-state index < -0.39 is 23.7 Å². The van der Waals surface area contributed by atoms with E-state index in [0.717, 1.165) is 29.1 Å². The number of amides is 2. The van der Waals surface area contributed by atoms with Crippen LogP contribution < -0.4 is 10.6 Å². The van der Waals surface area contributed by atoms with E-state index in [1.165, 1.54) is 7.11 Å². The second kappa shape index (κ2) is 10.8. The molecule has 10 heteroatoms. The highest BCUT2D eigenvalue weighted by molar-refractivity contribution is 9.10. The number of halogens is 1. The largest absolute Gasteiger partial charge is 0.468 e. The fraction of sp³-hybridized carbons (Fsp3) is 0.429. The first kappa shape index (κ1) is 23.3. The number of methoxy groups -OCH3 is 1. The first-order valence-electron chi connectivity index (χ1n) is 9.74. The van der Waals surface area contributed by atoms with Gasteiger partial charge in [0.25, 0.3) is 0 Å².